The molecule has 216 valence electrons. The zero-order valence-corrected chi connectivity index (χ0v) is 22.7. The third-order valence-electron chi connectivity index (χ3n) is 5.78. The van der Waals surface area contributed by atoms with E-state index in [4.69, 9.17) is 16.4 Å². The van der Waals surface area contributed by atoms with Gasteiger partial charge in [-0.05, 0) is 56.6 Å². The largest absolute Gasteiger partial charge is 0.416 e. The van der Waals surface area contributed by atoms with E-state index in [1.54, 1.807) is 0 Å². The topological polar surface area (TPSA) is 113 Å². The van der Waals surface area contributed by atoms with E-state index < -0.39 is 34.8 Å². The fourth-order valence-electron chi connectivity index (χ4n) is 3.80. The van der Waals surface area contributed by atoms with Crippen LogP contribution >= 0.6 is 11.6 Å². The quantitative estimate of drug-likeness (QED) is 0.248. The molecule has 2 aromatic carbocycles. The molecule has 2 aromatic heterocycles. The van der Waals surface area contributed by atoms with Crippen molar-refractivity contribution >= 4 is 46.0 Å². The molecule has 0 unspecified atom stereocenters. The van der Waals surface area contributed by atoms with Crippen molar-refractivity contribution < 1.29 is 27.2 Å². The Morgan fingerprint density at radius 2 is 1.85 bits per heavy atom. The summed E-state index contributed by atoms with van der Waals surface area (Å²) < 4.78 is 54.0. The number of alkyl halides is 3. The van der Waals surface area contributed by atoms with Gasteiger partial charge in [-0.25, -0.2) is 14.2 Å². The number of likely N-dealkylation sites (N-methyl/N-ethyl adjacent to an activating group) is 1. The Bertz CT molecular complexity index is 1660. The second-order valence-corrected chi connectivity index (χ2v) is 9.42. The zero-order chi connectivity index (χ0) is 29.9. The molecule has 0 saturated carbocycles. The van der Waals surface area contributed by atoms with Gasteiger partial charge in [0.1, 0.15) is 12.9 Å². The highest BCUT2D eigenvalue weighted by molar-refractivity contribution is 6.33. The van der Waals surface area contributed by atoms with Crippen molar-refractivity contribution in [2.24, 2.45) is 0 Å². The molecule has 0 aliphatic carbocycles. The predicted molar refractivity (Wildman–Crippen MR) is 148 cm³/mol. The Hall–Kier alpha value is -4.43. The van der Waals surface area contributed by atoms with Crippen molar-refractivity contribution in [3.8, 4) is 11.1 Å². The summed E-state index contributed by atoms with van der Waals surface area (Å²) in [5.41, 5.74) is -1.78. The standard InChI is InChI=1S/C26H24ClF4N7O3/c1-37(2)9-8-32-24-33-13-14-10-18(23(39)38(41-3)22(14)36-24)17-12-16(5-6-19(17)27)34-25(40)35-21-11-15(26(29,30)31)4-7-20(21)28/h4-7,10-13H,8-9H2,1-3H3,(H,32,33,36)(H2,34,35,40). The Kier molecular flexibility index (Phi) is 8.63. The van der Waals surface area contributed by atoms with Gasteiger partial charge in [-0.3, -0.25) is 4.79 Å². The lowest BCUT2D eigenvalue weighted by Crippen LogP contribution is -2.28. The van der Waals surface area contributed by atoms with Gasteiger partial charge < -0.3 is 25.7 Å². The molecule has 3 N–H and O–H groups in total. The summed E-state index contributed by atoms with van der Waals surface area (Å²) in [5, 5.41) is 8.13. The molecule has 0 radical (unpaired) electrons. The van der Waals surface area contributed by atoms with E-state index in [1.807, 2.05) is 19.0 Å². The number of amides is 2. The molecule has 10 nitrogen and oxygen atoms in total. The first kappa shape index (κ1) is 29.6. The molecule has 0 saturated heterocycles. The van der Waals surface area contributed by atoms with Gasteiger partial charge in [0.2, 0.25) is 5.95 Å². The average molecular weight is 594 g/mol. The molecule has 41 heavy (non-hydrogen) atoms. The first-order valence-electron chi connectivity index (χ1n) is 12.0. The molecule has 4 aromatic rings. The van der Waals surface area contributed by atoms with Crippen LogP contribution in [-0.2, 0) is 6.18 Å². The molecule has 2 heterocycles. The van der Waals surface area contributed by atoms with Gasteiger partial charge in [0, 0.05) is 40.9 Å². The third kappa shape index (κ3) is 6.84. The van der Waals surface area contributed by atoms with Crippen LogP contribution in [0, 0.1) is 5.82 Å². The van der Waals surface area contributed by atoms with Gasteiger partial charge in [0.25, 0.3) is 5.56 Å². The number of fused-ring (bicyclic) bond motifs is 1. The fourth-order valence-corrected chi connectivity index (χ4v) is 4.02. The van der Waals surface area contributed by atoms with Crippen LogP contribution in [-0.4, -0.2) is 59.9 Å². The molecular weight excluding hydrogens is 570 g/mol. The Morgan fingerprint density at radius 3 is 2.54 bits per heavy atom. The summed E-state index contributed by atoms with van der Waals surface area (Å²) in [6, 6.07) is 6.33. The lowest BCUT2D eigenvalue weighted by molar-refractivity contribution is -0.137. The van der Waals surface area contributed by atoms with Gasteiger partial charge in [-0.2, -0.15) is 18.2 Å². The van der Waals surface area contributed by atoms with Crippen LogP contribution in [0.25, 0.3) is 22.2 Å². The van der Waals surface area contributed by atoms with Gasteiger partial charge in [0.15, 0.2) is 5.65 Å². The highest BCUT2D eigenvalue weighted by Gasteiger charge is 2.31. The molecular formula is C26H24ClF4N7O3. The van der Waals surface area contributed by atoms with E-state index in [1.165, 1.54) is 37.6 Å². The monoisotopic (exact) mass is 593 g/mol. The van der Waals surface area contributed by atoms with E-state index >= 15 is 0 Å². The molecule has 15 heteroatoms. The van der Waals surface area contributed by atoms with Crippen molar-refractivity contribution in [1.29, 1.82) is 0 Å². The van der Waals surface area contributed by atoms with Crippen LogP contribution in [0.3, 0.4) is 0 Å². The van der Waals surface area contributed by atoms with Crippen LogP contribution in [0.5, 0.6) is 0 Å². The second-order valence-electron chi connectivity index (χ2n) is 9.01. The van der Waals surface area contributed by atoms with Crippen LogP contribution in [0.4, 0.5) is 39.7 Å². The van der Waals surface area contributed by atoms with E-state index in [9.17, 15) is 27.2 Å². The van der Waals surface area contributed by atoms with Crippen molar-refractivity contribution in [2.45, 2.75) is 6.18 Å². The van der Waals surface area contributed by atoms with E-state index in [0.717, 1.165) is 11.3 Å². The number of halogens is 5. The lowest BCUT2D eigenvalue weighted by Gasteiger charge is -2.14. The number of pyridine rings is 1. The van der Waals surface area contributed by atoms with Gasteiger partial charge in [-0.1, -0.05) is 11.6 Å². The molecule has 0 aliphatic heterocycles. The minimum Gasteiger partial charge on any atom is -0.412 e. The molecule has 0 spiro atoms. The number of anilines is 3. The smallest absolute Gasteiger partial charge is 0.412 e. The summed E-state index contributed by atoms with van der Waals surface area (Å²) in [7, 11) is 5.14. The van der Waals surface area contributed by atoms with Crippen LogP contribution < -0.4 is 26.3 Å². The number of carbonyl (C=O) groups excluding carboxylic acids is 1. The summed E-state index contributed by atoms with van der Waals surface area (Å²) in [5.74, 6) is -0.760. The minimum atomic E-state index is -4.73. The number of benzene rings is 2. The predicted octanol–water partition coefficient (Wildman–Crippen LogP) is 4.95. The molecule has 0 atom stereocenters. The second kappa shape index (κ2) is 12.0. The molecule has 0 aliphatic rings. The molecule has 2 amide bonds. The highest BCUT2D eigenvalue weighted by atomic mass is 35.5. The summed E-state index contributed by atoms with van der Waals surface area (Å²) >= 11 is 6.39. The van der Waals surface area contributed by atoms with Crippen molar-refractivity contribution in [2.75, 3.05) is 50.2 Å². The molecule has 0 bridgehead atoms. The van der Waals surface area contributed by atoms with E-state index in [-0.39, 0.29) is 27.5 Å². The van der Waals surface area contributed by atoms with Gasteiger partial charge in [0.05, 0.1) is 16.8 Å². The highest BCUT2D eigenvalue weighted by Crippen LogP contribution is 2.33. The van der Waals surface area contributed by atoms with Gasteiger partial charge >= 0.3 is 12.2 Å². The molecule has 0 fully saturated rings. The normalized spacial score (nSPS) is 11.5. The number of aromatic nitrogens is 3. The zero-order valence-electron chi connectivity index (χ0n) is 21.9. The van der Waals surface area contributed by atoms with Crippen LogP contribution in [0.15, 0.2) is 53.5 Å². The SMILES string of the molecule is COn1c(=O)c(-c2cc(NC(=O)Nc3cc(C(F)(F)F)ccc3F)ccc2Cl)cc2cnc(NCCN(C)C)nc21. The number of rotatable bonds is 8. The summed E-state index contributed by atoms with van der Waals surface area (Å²) in [6.45, 7) is 1.30. The maximum atomic E-state index is 14.1. The molecule has 4 rings (SSSR count). The summed E-state index contributed by atoms with van der Waals surface area (Å²) in [6.07, 6.45) is -3.22. The Labute approximate surface area is 235 Å². The first-order chi connectivity index (χ1) is 19.4. The number of hydrogen-bond acceptors (Lipinski definition) is 7. The maximum absolute atomic E-state index is 14.1. The maximum Gasteiger partial charge on any atom is 0.416 e. The van der Waals surface area contributed by atoms with E-state index in [2.05, 4.69) is 25.9 Å². The fraction of sp³-hybridized carbons (Fsp3) is 0.231. The number of nitrogens with zero attached hydrogens (tertiary/aromatic N) is 4. The number of hydrogen-bond donors (Lipinski definition) is 3. The van der Waals surface area contributed by atoms with Crippen molar-refractivity contribution in [1.82, 2.24) is 19.6 Å². The minimum absolute atomic E-state index is 0.0919. The van der Waals surface area contributed by atoms with Crippen LogP contribution in [0.1, 0.15) is 5.56 Å². The average Bonchev–Trinajstić information content (AvgIpc) is 2.90. The first-order valence-corrected chi connectivity index (χ1v) is 12.4. The number of nitrogens with one attached hydrogen (secondary N) is 3. The van der Waals surface area contributed by atoms with Crippen molar-refractivity contribution in [3.63, 3.8) is 0 Å². The Morgan fingerprint density at radius 1 is 1.10 bits per heavy atom. The third-order valence-corrected chi connectivity index (χ3v) is 6.11. The Balaban J connectivity index is 1.63. The van der Waals surface area contributed by atoms with Crippen LogP contribution in [0.2, 0.25) is 5.02 Å². The summed E-state index contributed by atoms with van der Waals surface area (Å²) in [4.78, 5) is 41.8. The van der Waals surface area contributed by atoms with E-state index in [0.29, 0.717) is 36.1 Å². The number of urea groups is 1. The van der Waals surface area contributed by atoms with Crippen molar-refractivity contribution in [3.05, 3.63) is 75.4 Å². The lowest BCUT2D eigenvalue weighted by atomic mass is 10.1. The van der Waals surface area contributed by atoms with Gasteiger partial charge in [-0.15, -0.1) is 4.73 Å². The number of carbonyl (C=O) groups is 1.